The van der Waals surface area contributed by atoms with Crippen molar-refractivity contribution in [1.29, 1.82) is 0 Å². The van der Waals surface area contributed by atoms with Crippen LogP contribution in [0.2, 0.25) is 0 Å². The van der Waals surface area contributed by atoms with Gasteiger partial charge in [-0.15, -0.1) is 0 Å². The highest BCUT2D eigenvalue weighted by molar-refractivity contribution is 7.92. The zero-order chi connectivity index (χ0) is 23.0. The molecule has 168 valence electrons. The summed E-state index contributed by atoms with van der Waals surface area (Å²) >= 11 is 0. The Morgan fingerprint density at radius 2 is 1.68 bits per heavy atom. The number of carbonyl (C=O) groups excluding carboxylic acids is 1. The second kappa shape index (κ2) is 10.7. The Balaban J connectivity index is 2.49. The van der Waals surface area contributed by atoms with Crippen LogP contribution in [-0.2, 0) is 14.8 Å². The van der Waals surface area contributed by atoms with Crippen molar-refractivity contribution in [3.63, 3.8) is 0 Å². The number of benzene rings is 2. The van der Waals surface area contributed by atoms with E-state index >= 15 is 0 Å². The Hall–Kier alpha value is -3.27. The summed E-state index contributed by atoms with van der Waals surface area (Å²) in [4.78, 5) is 12.4. The van der Waals surface area contributed by atoms with E-state index in [9.17, 15) is 13.2 Å². The molecule has 0 radical (unpaired) electrons. The highest BCUT2D eigenvalue weighted by Gasteiger charge is 2.28. The first-order valence-electron chi connectivity index (χ1n) is 9.50. The zero-order valence-corrected chi connectivity index (χ0v) is 19.0. The Bertz CT molecular complexity index is 1030. The third-order valence-electron chi connectivity index (χ3n) is 4.07. The molecule has 0 saturated carbocycles. The monoisotopic (exact) mass is 449 g/mol. The lowest BCUT2D eigenvalue weighted by molar-refractivity contribution is -0.119. The van der Waals surface area contributed by atoms with Crippen LogP contribution in [0.4, 0.5) is 5.69 Å². The molecule has 0 aliphatic carbocycles. The molecule has 0 saturated heterocycles. The maximum Gasteiger partial charge on any atom is 0.264 e. The van der Waals surface area contributed by atoms with Crippen LogP contribution in [0.25, 0.3) is 0 Å². The number of nitrogens with zero attached hydrogens (tertiary/aromatic N) is 2. The summed E-state index contributed by atoms with van der Waals surface area (Å²) in [7, 11) is -1.25. The van der Waals surface area contributed by atoms with Crippen LogP contribution in [-0.4, -0.2) is 47.4 Å². The highest BCUT2D eigenvalue weighted by Crippen LogP contribution is 2.32. The van der Waals surface area contributed by atoms with Gasteiger partial charge >= 0.3 is 0 Å². The molecule has 0 atom stereocenters. The number of hydrazone groups is 1. The van der Waals surface area contributed by atoms with Crippen LogP contribution in [0.5, 0.6) is 17.2 Å². The van der Waals surface area contributed by atoms with Crippen molar-refractivity contribution in [1.82, 2.24) is 5.43 Å². The van der Waals surface area contributed by atoms with E-state index in [1.165, 1.54) is 32.4 Å². The number of carbonyl (C=O) groups is 1. The van der Waals surface area contributed by atoms with E-state index in [0.29, 0.717) is 29.5 Å². The minimum atomic E-state index is -4.12. The molecule has 0 aliphatic rings. The fourth-order valence-electron chi connectivity index (χ4n) is 2.63. The topological polar surface area (TPSA) is 107 Å². The molecule has 2 aromatic carbocycles. The van der Waals surface area contributed by atoms with Crippen molar-refractivity contribution in [2.45, 2.75) is 25.7 Å². The van der Waals surface area contributed by atoms with Gasteiger partial charge in [-0.25, -0.2) is 13.8 Å². The Morgan fingerprint density at radius 1 is 1.03 bits per heavy atom. The van der Waals surface area contributed by atoms with E-state index in [2.05, 4.69) is 10.5 Å². The van der Waals surface area contributed by atoms with Gasteiger partial charge < -0.3 is 14.2 Å². The molecule has 0 fully saturated rings. The van der Waals surface area contributed by atoms with Crippen LogP contribution in [0, 0.1) is 0 Å². The number of sulfonamides is 1. The fourth-order valence-corrected chi connectivity index (χ4v) is 4.07. The molecule has 31 heavy (non-hydrogen) atoms. The van der Waals surface area contributed by atoms with Gasteiger partial charge in [0.25, 0.3) is 15.9 Å². The van der Waals surface area contributed by atoms with Gasteiger partial charge in [-0.3, -0.25) is 9.10 Å². The van der Waals surface area contributed by atoms with Gasteiger partial charge in [0.1, 0.15) is 12.3 Å². The molecule has 1 N–H and O–H groups in total. The van der Waals surface area contributed by atoms with Crippen LogP contribution in [0.1, 0.15) is 20.8 Å². The first-order chi connectivity index (χ1) is 14.7. The summed E-state index contributed by atoms with van der Waals surface area (Å²) in [6.07, 6.45) is 0. The number of hydrogen-bond acceptors (Lipinski definition) is 7. The summed E-state index contributed by atoms with van der Waals surface area (Å²) in [6, 6.07) is 10.7. The van der Waals surface area contributed by atoms with E-state index in [1.54, 1.807) is 38.1 Å². The summed E-state index contributed by atoms with van der Waals surface area (Å²) < 4.78 is 43.8. The molecule has 2 aromatic rings. The fraction of sp³-hybridized carbons (Fsp3) is 0.333. The van der Waals surface area contributed by atoms with E-state index in [0.717, 1.165) is 4.31 Å². The normalized spacial score (nSPS) is 10.7. The zero-order valence-electron chi connectivity index (χ0n) is 18.2. The van der Waals surface area contributed by atoms with Gasteiger partial charge in [-0.1, -0.05) is 0 Å². The third kappa shape index (κ3) is 6.11. The van der Waals surface area contributed by atoms with Gasteiger partial charge in [0.2, 0.25) is 0 Å². The molecule has 0 spiro atoms. The Kier molecular flexibility index (Phi) is 8.26. The molecular formula is C21H27N3O6S. The average molecular weight is 450 g/mol. The van der Waals surface area contributed by atoms with E-state index in [1.807, 2.05) is 6.92 Å². The van der Waals surface area contributed by atoms with Crippen molar-refractivity contribution in [2.24, 2.45) is 5.10 Å². The molecule has 0 aromatic heterocycles. The van der Waals surface area contributed by atoms with Crippen molar-refractivity contribution in [3.8, 4) is 17.2 Å². The molecule has 9 nitrogen and oxygen atoms in total. The number of methoxy groups -OCH3 is 2. The summed E-state index contributed by atoms with van der Waals surface area (Å²) in [5.41, 5.74) is 3.28. The van der Waals surface area contributed by atoms with Crippen molar-refractivity contribution in [3.05, 3.63) is 42.5 Å². The minimum absolute atomic E-state index is 0.0537. The quantitative estimate of drug-likeness (QED) is 0.442. The largest absolute Gasteiger partial charge is 0.494 e. The summed E-state index contributed by atoms with van der Waals surface area (Å²) in [5.74, 6) is 0.648. The van der Waals surface area contributed by atoms with Crippen molar-refractivity contribution in [2.75, 3.05) is 31.7 Å². The van der Waals surface area contributed by atoms with Crippen LogP contribution >= 0.6 is 0 Å². The first-order valence-corrected chi connectivity index (χ1v) is 10.9. The number of hydrogen-bond donors (Lipinski definition) is 1. The smallest absolute Gasteiger partial charge is 0.264 e. The lowest BCUT2D eigenvalue weighted by Gasteiger charge is -2.24. The van der Waals surface area contributed by atoms with Crippen LogP contribution in [0.3, 0.4) is 0 Å². The van der Waals surface area contributed by atoms with Crippen LogP contribution < -0.4 is 23.9 Å². The predicted octanol–water partition coefficient (Wildman–Crippen LogP) is 2.81. The maximum atomic E-state index is 13.5. The second-order valence-corrected chi connectivity index (χ2v) is 8.41. The molecule has 0 aliphatic heterocycles. The number of anilines is 1. The lowest BCUT2D eigenvalue weighted by atomic mass is 10.3. The standard InChI is InChI=1S/C21H27N3O6S/c1-6-30-17-9-7-16(8-10-17)24(14-21(25)23-22-15(2)3)31(26,27)18-11-12-19(28-4)20(13-18)29-5/h7-13H,6,14H2,1-5H3,(H,23,25). The van der Waals surface area contributed by atoms with Crippen LogP contribution in [0.15, 0.2) is 52.5 Å². The predicted molar refractivity (Wildman–Crippen MR) is 119 cm³/mol. The van der Waals surface area contributed by atoms with Crippen molar-refractivity contribution < 1.29 is 27.4 Å². The SMILES string of the molecule is CCOc1ccc(N(CC(=O)NN=C(C)C)S(=O)(=O)c2ccc(OC)c(OC)c2)cc1. The molecular weight excluding hydrogens is 422 g/mol. The van der Waals surface area contributed by atoms with E-state index in [-0.39, 0.29) is 10.6 Å². The molecule has 0 heterocycles. The van der Waals surface area contributed by atoms with E-state index < -0.39 is 22.5 Å². The Morgan fingerprint density at radius 3 is 2.23 bits per heavy atom. The first kappa shape index (κ1) is 24.0. The maximum absolute atomic E-state index is 13.5. The van der Waals surface area contributed by atoms with Crippen molar-refractivity contribution >= 4 is 27.3 Å². The number of ether oxygens (including phenoxy) is 3. The molecule has 0 bridgehead atoms. The Labute approximate surface area is 182 Å². The molecule has 10 heteroatoms. The average Bonchev–Trinajstić information content (AvgIpc) is 2.76. The number of rotatable bonds is 10. The molecule has 2 rings (SSSR count). The van der Waals surface area contributed by atoms with E-state index in [4.69, 9.17) is 14.2 Å². The minimum Gasteiger partial charge on any atom is -0.494 e. The van der Waals surface area contributed by atoms with Gasteiger partial charge in [-0.2, -0.15) is 5.10 Å². The summed E-state index contributed by atoms with van der Waals surface area (Å²) in [5, 5.41) is 3.85. The summed E-state index contributed by atoms with van der Waals surface area (Å²) in [6.45, 7) is 5.28. The second-order valence-electron chi connectivity index (χ2n) is 6.55. The molecule has 1 amide bonds. The highest BCUT2D eigenvalue weighted by atomic mass is 32.2. The van der Waals surface area contributed by atoms with Gasteiger partial charge in [0.15, 0.2) is 11.5 Å². The number of nitrogens with one attached hydrogen (secondary N) is 1. The third-order valence-corrected chi connectivity index (χ3v) is 5.84. The van der Waals surface area contributed by atoms with Gasteiger partial charge in [-0.05, 0) is 57.2 Å². The molecule has 0 unspecified atom stereocenters. The van der Waals surface area contributed by atoms with Gasteiger partial charge in [0.05, 0.1) is 31.4 Å². The lowest BCUT2D eigenvalue weighted by Crippen LogP contribution is -2.39. The van der Waals surface area contributed by atoms with Gasteiger partial charge in [0, 0.05) is 11.8 Å². The number of amides is 1.